The molecule has 2 heterocycles. The Morgan fingerprint density at radius 2 is 1.94 bits per heavy atom. The van der Waals surface area contributed by atoms with Crippen LogP contribution in [0.2, 0.25) is 0 Å². The van der Waals surface area contributed by atoms with Crippen LogP contribution in [0.25, 0.3) is 0 Å². The molecule has 0 saturated carbocycles. The van der Waals surface area contributed by atoms with Gasteiger partial charge in [0.05, 0.1) is 5.69 Å². The lowest BCUT2D eigenvalue weighted by Gasteiger charge is -2.15. The Morgan fingerprint density at radius 3 is 2.61 bits per heavy atom. The normalized spacial score (nSPS) is 11.1. The van der Waals surface area contributed by atoms with Crippen LogP contribution < -0.4 is 5.73 Å². The maximum Gasteiger partial charge on any atom is 0.0547 e. The second-order valence-electron chi connectivity index (χ2n) is 4.51. The van der Waals surface area contributed by atoms with Crippen LogP contribution in [-0.2, 0) is 19.6 Å². The Bertz CT molecular complexity index is 507. The molecule has 0 aliphatic rings. The molecule has 0 fully saturated rings. The van der Waals surface area contributed by atoms with Crippen LogP contribution in [0.1, 0.15) is 21.1 Å². The molecule has 2 aromatic rings. The average Bonchev–Trinajstić information content (AvgIpc) is 2.76. The van der Waals surface area contributed by atoms with Gasteiger partial charge in [-0.05, 0) is 38.2 Å². The molecule has 0 radical (unpaired) electrons. The van der Waals surface area contributed by atoms with E-state index in [9.17, 15) is 0 Å². The molecule has 0 aliphatic heterocycles. The van der Waals surface area contributed by atoms with E-state index in [0.717, 1.165) is 24.5 Å². The highest BCUT2D eigenvalue weighted by Gasteiger charge is 2.05. The number of nitrogens with zero attached hydrogens (tertiary/aromatic N) is 2. The second kappa shape index (κ2) is 6.09. The predicted octanol–water partition coefficient (Wildman–Crippen LogP) is 2.54. The van der Waals surface area contributed by atoms with E-state index >= 15 is 0 Å². The Labute approximate surface area is 112 Å². The van der Waals surface area contributed by atoms with Gasteiger partial charge < -0.3 is 5.73 Å². The van der Waals surface area contributed by atoms with Crippen molar-refractivity contribution in [2.45, 2.75) is 26.6 Å². The first-order valence-corrected chi connectivity index (χ1v) is 6.88. The van der Waals surface area contributed by atoms with Crippen molar-refractivity contribution in [3.05, 3.63) is 51.5 Å². The van der Waals surface area contributed by atoms with Crippen LogP contribution in [-0.4, -0.2) is 16.9 Å². The first-order valence-electron chi connectivity index (χ1n) is 6.06. The highest BCUT2D eigenvalue weighted by Crippen LogP contribution is 2.17. The lowest BCUT2D eigenvalue weighted by Crippen LogP contribution is -2.17. The molecular formula is C14H19N3S. The fraction of sp³-hybridized carbons (Fsp3) is 0.357. The van der Waals surface area contributed by atoms with E-state index in [1.54, 1.807) is 11.3 Å². The summed E-state index contributed by atoms with van der Waals surface area (Å²) in [5.41, 5.74) is 7.81. The standard InChI is InChI=1S/C14H19N3S/c1-11-4-3-5-12(16-11)9-17(2)10-14-7-6-13(8-15)18-14/h3-7H,8-10,15H2,1-2H3. The van der Waals surface area contributed by atoms with Gasteiger partial charge in [0.2, 0.25) is 0 Å². The molecule has 0 spiro atoms. The molecule has 0 aliphatic carbocycles. The van der Waals surface area contributed by atoms with Crippen molar-refractivity contribution in [3.63, 3.8) is 0 Å². The number of aromatic nitrogens is 1. The van der Waals surface area contributed by atoms with Crippen LogP contribution in [0.3, 0.4) is 0 Å². The third-order valence-electron chi connectivity index (χ3n) is 2.72. The van der Waals surface area contributed by atoms with E-state index in [1.807, 2.05) is 13.0 Å². The van der Waals surface area contributed by atoms with Gasteiger partial charge in [-0.15, -0.1) is 11.3 Å². The van der Waals surface area contributed by atoms with E-state index in [4.69, 9.17) is 5.73 Å². The molecule has 0 bridgehead atoms. The number of aryl methyl sites for hydroxylation is 1. The van der Waals surface area contributed by atoms with Gasteiger partial charge in [-0.25, -0.2) is 0 Å². The molecule has 2 N–H and O–H groups in total. The molecule has 18 heavy (non-hydrogen) atoms. The molecule has 0 saturated heterocycles. The topological polar surface area (TPSA) is 42.1 Å². The Balaban J connectivity index is 1.94. The second-order valence-corrected chi connectivity index (χ2v) is 5.77. The largest absolute Gasteiger partial charge is 0.326 e. The zero-order valence-corrected chi connectivity index (χ0v) is 11.7. The van der Waals surface area contributed by atoms with E-state index in [1.165, 1.54) is 9.75 Å². The summed E-state index contributed by atoms with van der Waals surface area (Å²) in [5, 5.41) is 0. The van der Waals surface area contributed by atoms with E-state index < -0.39 is 0 Å². The fourth-order valence-electron chi connectivity index (χ4n) is 1.90. The van der Waals surface area contributed by atoms with E-state index in [-0.39, 0.29) is 0 Å². The Kier molecular flexibility index (Phi) is 4.47. The van der Waals surface area contributed by atoms with Crippen molar-refractivity contribution in [3.8, 4) is 0 Å². The molecule has 0 atom stereocenters. The molecule has 0 unspecified atom stereocenters. The van der Waals surface area contributed by atoms with Crippen LogP contribution in [0.15, 0.2) is 30.3 Å². The van der Waals surface area contributed by atoms with Crippen LogP contribution in [0.4, 0.5) is 0 Å². The highest BCUT2D eigenvalue weighted by atomic mass is 32.1. The van der Waals surface area contributed by atoms with Crippen LogP contribution in [0, 0.1) is 6.92 Å². The van der Waals surface area contributed by atoms with Crippen LogP contribution in [0.5, 0.6) is 0 Å². The summed E-state index contributed by atoms with van der Waals surface area (Å²) in [6.07, 6.45) is 0. The summed E-state index contributed by atoms with van der Waals surface area (Å²) >= 11 is 1.79. The molecule has 2 aromatic heterocycles. The maximum absolute atomic E-state index is 5.62. The van der Waals surface area contributed by atoms with E-state index in [2.05, 4.69) is 41.2 Å². The first-order chi connectivity index (χ1) is 8.67. The third kappa shape index (κ3) is 3.63. The van der Waals surface area contributed by atoms with Crippen molar-refractivity contribution in [1.29, 1.82) is 0 Å². The summed E-state index contributed by atoms with van der Waals surface area (Å²) in [4.78, 5) is 9.38. The Morgan fingerprint density at radius 1 is 1.17 bits per heavy atom. The number of hydrogen-bond acceptors (Lipinski definition) is 4. The number of rotatable bonds is 5. The van der Waals surface area contributed by atoms with Crippen molar-refractivity contribution in [2.24, 2.45) is 5.73 Å². The van der Waals surface area contributed by atoms with E-state index in [0.29, 0.717) is 6.54 Å². The van der Waals surface area contributed by atoms with Gasteiger partial charge in [-0.2, -0.15) is 0 Å². The third-order valence-corrected chi connectivity index (χ3v) is 3.81. The van der Waals surface area contributed by atoms with Crippen molar-refractivity contribution in [2.75, 3.05) is 7.05 Å². The molecule has 0 amide bonds. The van der Waals surface area contributed by atoms with Crippen molar-refractivity contribution in [1.82, 2.24) is 9.88 Å². The lowest BCUT2D eigenvalue weighted by molar-refractivity contribution is 0.318. The van der Waals surface area contributed by atoms with Crippen molar-refractivity contribution >= 4 is 11.3 Å². The highest BCUT2D eigenvalue weighted by molar-refractivity contribution is 7.11. The van der Waals surface area contributed by atoms with Gasteiger partial charge in [0.1, 0.15) is 0 Å². The molecule has 3 nitrogen and oxygen atoms in total. The van der Waals surface area contributed by atoms with Gasteiger partial charge in [-0.1, -0.05) is 6.07 Å². The number of nitrogens with two attached hydrogens (primary N) is 1. The van der Waals surface area contributed by atoms with Gasteiger partial charge in [0, 0.05) is 35.1 Å². The number of hydrogen-bond donors (Lipinski definition) is 1. The number of pyridine rings is 1. The predicted molar refractivity (Wildman–Crippen MR) is 76.4 cm³/mol. The maximum atomic E-state index is 5.62. The van der Waals surface area contributed by atoms with Gasteiger partial charge in [0.15, 0.2) is 0 Å². The molecule has 0 aromatic carbocycles. The minimum Gasteiger partial charge on any atom is -0.326 e. The summed E-state index contributed by atoms with van der Waals surface area (Å²) in [5.74, 6) is 0. The minimum atomic E-state index is 0.633. The zero-order chi connectivity index (χ0) is 13.0. The molecule has 2 rings (SSSR count). The summed E-state index contributed by atoms with van der Waals surface area (Å²) < 4.78 is 0. The average molecular weight is 261 g/mol. The monoisotopic (exact) mass is 261 g/mol. The summed E-state index contributed by atoms with van der Waals surface area (Å²) in [7, 11) is 2.12. The number of thiophene rings is 1. The SMILES string of the molecule is Cc1cccc(CN(C)Cc2ccc(CN)s2)n1. The zero-order valence-electron chi connectivity index (χ0n) is 10.9. The summed E-state index contributed by atoms with van der Waals surface area (Å²) in [6.45, 7) is 4.47. The Hall–Kier alpha value is -1.23. The molecule has 4 heteroatoms. The minimum absolute atomic E-state index is 0.633. The molecule has 96 valence electrons. The quantitative estimate of drug-likeness (QED) is 0.899. The van der Waals surface area contributed by atoms with Crippen molar-refractivity contribution < 1.29 is 0 Å². The van der Waals surface area contributed by atoms with Gasteiger partial charge >= 0.3 is 0 Å². The fourth-order valence-corrected chi connectivity index (χ4v) is 2.88. The smallest absolute Gasteiger partial charge is 0.0547 e. The molecular weight excluding hydrogens is 242 g/mol. The lowest BCUT2D eigenvalue weighted by atomic mass is 10.3. The summed E-state index contributed by atoms with van der Waals surface area (Å²) in [6, 6.07) is 10.4. The van der Waals surface area contributed by atoms with Gasteiger partial charge in [-0.3, -0.25) is 9.88 Å². The van der Waals surface area contributed by atoms with Crippen LogP contribution >= 0.6 is 11.3 Å². The first kappa shape index (κ1) is 13.2. The van der Waals surface area contributed by atoms with Gasteiger partial charge in [0.25, 0.3) is 0 Å².